The molecule has 2 aromatic rings. The maximum atomic E-state index is 11.9. The third-order valence-corrected chi connectivity index (χ3v) is 3.56. The Balaban J connectivity index is 2.18. The van der Waals surface area contributed by atoms with Gasteiger partial charge in [-0.2, -0.15) is 0 Å². The van der Waals surface area contributed by atoms with E-state index in [2.05, 4.69) is 5.32 Å². The number of rotatable bonds is 5. The molecule has 1 amide bonds. The molecule has 0 radical (unpaired) electrons. The highest BCUT2D eigenvalue weighted by Gasteiger charge is 2.16. The molecule has 25 heavy (non-hydrogen) atoms. The van der Waals surface area contributed by atoms with E-state index in [1.54, 1.807) is 0 Å². The summed E-state index contributed by atoms with van der Waals surface area (Å²) in [4.78, 5) is 32.4. The Bertz CT molecular complexity index is 899. The van der Waals surface area contributed by atoms with Crippen LogP contribution in [0.25, 0.3) is 6.08 Å². The molecule has 0 aliphatic carbocycles. The zero-order chi connectivity index (χ0) is 18.6. The molecule has 0 bridgehead atoms. The molecule has 0 unspecified atom stereocenters. The molecule has 0 aromatic heterocycles. The molecule has 2 aromatic carbocycles. The minimum Gasteiger partial charge on any atom is -0.317 e. The number of nitrogens with one attached hydrogen (secondary N) is 1. The second kappa shape index (κ2) is 7.73. The number of hydrogen-bond acceptors (Lipinski definition) is 5. The van der Waals surface area contributed by atoms with Crippen molar-refractivity contribution >= 4 is 52.2 Å². The number of nitro groups is 2. The molecule has 0 atom stereocenters. The Labute approximate surface area is 151 Å². The van der Waals surface area contributed by atoms with Crippen molar-refractivity contribution in [3.63, 3.8) is 0 Å². The van der Waals surface area contributed by atoms with Gasteiger partial charge in [-0.05, 0) is 29.8 Å². The van der Waals surface area contributed by atoms with E-state index in [-0.39, 0.29) is 27.1 Å². The first-order chi connectivity index (χ1) is 11.8. The van der Waals surface area contributed by atoms with Gasteiger partial charge in [-0.3, -0.25) is 25.0 Å². The molecular weight excluding hydrogens is 373 g/mol. The molecule has 0 spiro atoms. The maximum Gasteiger partial charge on any atom is 0.294 e. The van der Waals surface area contributed by atoms with Gasteiger partial charge in [-0.25, -0.2) is 0 Å². The van der Waals surface area contributed by atoms with Crippen molar-refractivity contribution in [1.29, 1.82) is 0 Å². The molecule has 10 heteroatoms. The van der Waals surface area contributed by atoms with Gasteiger partial charge < -0.3 is 5.32 Å². The van der Waals surface area contributed by atoms with Crippen molar-refractivity contribution in [2.75, 3.05) is 5.32 Å². The van der Waals surface area contributed by atoms with Gasteiger partial charge in [0.1, 0.15) is 10.7 Å². The zero-order valence-electron chi connectivity index (χ0n) is 12.3. The topological polar surface area (TPSA) is 115 Å². The molecule has 8 nitrogen and oxygen atoms in total. The largest absolute Gasteiger partial charge is 0.317 e. The third-order valence-electron chi connectivity index (χ3n) is 3.01. The van der Waals surface area contributed by atoms with Gasteiger partial charge in [0.25, 0.3) is 11.4 Å². The van der Waals surface area contributed by atoms with E-state index in [0.29, 0.717) is 5.56 Å². The molecule has 0 heterocycles. The van der Waals surface area contributed by atoms with Crippen LogP contribution in [-0.2, 0) is 4.79 Å². The number of carbonyl (C=O) groups excluding carboxylic acids is 1. The van der Waals surface area contributed by atoms with E-state index in [4.69, 9.17) is 23.2 Å². The second-order valence-corrected chi connectivity index (χ2v) is 5.55. The van der Waals surface area contributed by atoms with Crippen LogP contribution in [0, 0.1) is 20.2 Å². The lowest BCUT2D eigenvalue weighted by Gasteiger charge is -2.04. The quantitative estimate of drug-likeness (QED) is 0.466. The van der Waals surface area contributed by atoms with Crippen molar-refractivity contribution in [3.8, 4) is 0 Å². The van der Waals surface area contributed by atoms with Gasteiger partial charge in [0.05, 0.1) is 9.85 Å². The number of amides is 1. The van der Waals surface area contributed by atoms with Crippen LogP contribution in [0.3, 0.4) is 0 Å². The Morgan fingerprint density at radius 2 is 1.68 bits per heavy atom. The third kappa shape index (κ3) is 4.75. The predicted molar refractivity (Wildman–Crippen MR) is 93.9 cm³/mol. The molecule has 0 saturated carbocycles. The lowest BCUT2D eigenvalue weighted by atomic mass is 10.2. The molecule has 0 fully saturated rings. The lowest BCUT2D eigenvalue weighted by molar-refractivity contribution is -0.384. The Hall–Kier alpha value is -2.97. The van der Waals surface area contributed by atoms with Crippen LogP contribution in [0.4, 0.5) is 17.1 Å². The van der Waals surface area contributed by atoms with Gasteiger partial charge in [0.15, 0.2) is 0 Å². The zero-order valence-corrected chi connectivity index (χ0v) is 13.8. The first-order valence-corrected chi connectivity index (χ1v) is 7.40. The SMILES string of the molecule is O=C(C=Cc1ccc(Cl)c([N+](=O)[O-])c1)Nc1ccc(Cl)cc1[N+](=O)[O-]. The van der Waals surface area contributed by atoms with Crippen LogP contribution in [0.2, 0.25) is 10.0 Å². The van der Waals surface area contributed by atoms with Crippen LogP contribution in [0.1, 0.15) is 5.56 Å². The number of anilines is 1. The van der Waals surface area contributed by atoms with Gasteiger partial charge >= 0.3 is 0 Å². The Kier molecular flexibility index (Phi) is 5.68. The number of nitrogens with zero attached hydrogens (tertiary/aromatic N) is 2. The standard InChI is InChI=1S/C15H9Cl2N3O5/c16-10-3-5-12(14(8-10)20(24)25)18-15(21)6-2-9-1-4-11(17)13(7-9)19(22)23/h1-8H,(H,18,21). The van der Waals surface area contributed by atoms with Crippen LogP contribution < -0.4 is 5.32 Å². The maximum absolute atomic E-state index is 11.9. The van der Waals surface area contributed by atoms with E-state index >= 15 is 0 Å². The van der Waals surface area contributed by atoms with E-state index in [0.717, 1.165) is 12.1 Å². The van der Waals surface area contributed by atoms with Crippen LogP contribution >= 0.6 is 23.2 Å². The number of halogens is 2. The summed E-state index contributed by atoms with van der Waals surface area (Å²) in [5.41, 5.74) is -0.295. The predicted octanol–water partition coefficient (Wildman–Crippen LogP) is 4.46. The summed E-state index contributed by atoms with van der Waals surface area (Å²) in [6.45, 7) is 0. The minimum atomic E-state index is -0.673. The van der Waals surface area contributed by atoms with E-state index in [1.807, 2.05) is 0 Å². The summed E-state index contributed by atoms with van der Waals surface area (Å²) >= 11 is 11.4. The van der Waals surface area contributed by atoms with Gasteiger partial charge in [-0.15, -0.1) is 0 Å². The first-order valence-electron chi connectivity index (χ1n) is 6.65. The number of nitro benzene ring substituents is 2. The summed E-state index contributed by atoms with van der Waals surface area (Å²) in [5, 5.41) is 24.3. The van der Waals surface area contributed by atoms with Crippen molar-refractivity contribution in [3.05, 3.63) is 78.3 Å². The van der Waals surface area contributed by atoms with E-state index in [9.17, 15) is 25.0 Å². The molecule has 1 N–H and O–H groups in total. The molecule has 0 saturated heterocycles. The Morgan fingerprint density at radius 1 is 1.00 bits per heavy atom. The van der Waals surface area contributed by atoms with Gasteiger partial charge in [-0.1, -0.05) is 29.3 Å². The summed E-state index contributed by atoms with van der Waals surface area (Å²) < 4.78 is 0. The normalized spacial score (nSPS) is 10.6. The van der Waals surface area contributed by atoms with Crippen molar-refractivity contribution in [1.82, 2.24) is 0 Å². The van der Waals surface area contributed by atoms with Crippen molar-refractivity contribution in [2.45, 2.75) is 0 Å². The fourth-order valence-electron chi connectivity index (χ4n) is 1.88. The molecular formula is C15H9Cl2N3O5. The highest BCUT2D eigenvalue weighted by atomic mass is 35.5. The van der Waals surface area contributed by atoms with Gasteiger partial charge in [0, 0.05) is 23.2 Å². The lowest BCUT2D eigenvalue weighted by Crippen LogP contribution is -2.09. The monoisotopic (exact) mass is 381 g/mol. The van der Waals surface area contributed by atoms with Crippen LogP contribution in [0.5, 0.6) is 0 Å². The highest BCUT2D eigenvalue weighted by Crippen LogP contribution is 2.28. The fraction of sp³-hybridized carbons (Fsp3) is 0. The Morgan fingerprint density at radius 3 is 2.32 bits per heavy atom. The van der Waals surface area contributed by atoms with Crippen LogP contribution in [-0.4, -0.2) is 15.8 Å². The fourth-order valence-corrected chi connectivity index (χ4v) is 2.23. The van der Waals surface area contributed by atoms with Crippen molar-refractivity contribution < 1.29 is 14.6 Å². The molecule has 0 aliphatic heterocycles. The minimum absolute atomic E-state index is 0.0221. The average molecular weight is 382 g/mol. The number of hydrogen-bond donors (Lipinski definition) is 1. The molecule has 128 valence electrons. The highest BCUT2D eigenvalue weighted by molar-refractivity contribution is 6.32. The van der Waals surface area contributed by atoms with E-state index in [1.165, 1.54) is 36.4 Å². The van der Waals surface area contributed by atoms with Crippen molar-refractivity contribution in [2.24, 2.45) is 0 Å². The average Bonchev–Trinajstić information content (AvgIpc) is 2.55. The molecule has 2 rings (SSSR count). The second-order valence-electron chi connectivity index (χ2n) is 4.71. The smallest absolute Gasteiger partial charge is 0.294 e. The summed E-state index contributed by atoms with van der Waals surface area (Å²) in [6.07, 6.45) is 2.41. The summed E-state index contributed by atoms with van der Waals surface area (Å²) in [7, 11) is 0. The van der Waals surface area contributed by atoms with E-state index < -0.39 is 15.8 Å². The molecule has 0 aliphatic rings. The summed E-state index contributed by atoms with van der Waals surface area (Å²) in [5.74, 6) is -0.650. The van der Waals surface area contributed by atoms with Gasteiger partial charge in [0.2, 0.25) is 5.91 Å². The number of carbonyl (C=O) groups is 1. The first kappa shape index (κ1) is 18.4. The number of benzene rings is 2. The summed E-state index contributed by atoms with van der Waals surface area (Å²) in [6, 6.07) is 7.85. The van der Waals surface area contributed by atoms with Crippen LogP contribution in [0.15, 0.2) is 42.5 Å².